The number of aromatic hydroxyl groups is 1. The first-order valence-electron chi connectivity index (χ1n) is 11.1. The molecule has 2 bridgehead atoms. The van der Waals surface area contributed by atoms with Crippen LogP contribution in [0.4, 0.5) is 10.2 Å². The molecule has 0 radical (unpaired) electrons. The molecule has 10 nitrogen and oxygen atoms in total. The second kappa shape index (κ2) is 7.74. The van der Waals surface area contributed by atoms with Crippen molar-refractivity contribution in [2.24, 2.45) is 0 Å². The molecule has 4 heterocycles. The van der Waals surface area contributed by atoms with E-state index in [0.29, 0.717) is 23.1 Å². The summed E-state index contributed by atoms with van der Waals surface area (Å²) in [7, 11) is 0. The van der Waals surface area contributed by atoms with E-state index in [9.17, 15) is 5.11 Å². The third-order valence-corrected chi connectivity index (χ3v) is 6.74. The van der Waals surface area contributed by atoms with Gasteiger partial charge in [-0.2, -0.15) is 5.26 Å². The third kappa shape index (κ3) is 3.56. The average Bonchev–Trinajstić information content (AvgIpc) is 3.39. The van der Waals surface area contributed by atoms with E-state index >= 15 is 4.39 Å². The Kier molecular flexibility index (Phi) is 4.69. The van der Waals surface area contributed by atoms with Gasteiger partial charge in [-0.3, -0.25) is 0 Å². The Balaban J connectivity index is 1.26. The number of anilines is 1. The van der Waals surface area contributed by atoms with Crippen molar-refractivity contribution in [1.82, 2.24) is 35.3 Å². The number of phenols is 1. The predicted octanol–water partition coefficient (Wildman–Crippen LogP) is 1.90. The number of aromatic nitrogens is 6. The van der Waals surface area contributed by atoms with Crippen molar-refractivity contribution in [2.45, 2.75) is 62.4 Å². The van der Waals surface area contributed by atoms with Gasteiger partial charge in [0.25, 0.3) is 5.82 Å². The fourth-order valence-electron chi connectivity index (χ4n) is 5.03. The Labute approximate surface area is 189 Å². The fraction of sp³-hybridized carbons (Fsp3) is 0.455. The van der Waals surface area contributed by atoms with E-state index < -0.39 is 6.17 Å². The number of piperidine rings is 1. The minimum absolute atomic E-state index is 0.0409. The van der Waals surface area contributed by atoms with Gasteiger partial charge in [-0.05, 0) is 44.2 Å². The van der Waals surface area contributed by atoms with Gasteiger partial charge in [-0.15, -0.1) is 15.3 Å². The summed E-state index contributed by atoms with van der Waals surface area (Å²) in [5, 5.41) is 35.5. The number of fused-ring (bicyclic) bond motifs is 2. The van der Waals surface area contributed by atoms with Gasteiger partial charge in [-0.25, -0.2) is 19.0 Å². The lowest BCUT2D eigenvalue weighted by Crippen LogP contribution is -2.57. The number of nitrogens with one attached hydrogen (secondary N) is 1. The van der Waals surface area contributed by atoms with Gasteiger partial charge in [-0.1, -0.05) is 0 Å². The molecule has 1 saturated carbocycles. The van der Waals surface area contributed by atoms with Crippen molar-refractivity contribution in [3.05, 3.63) is 36.5 Å². The monoisotopic (exact) mass is 447 g/mol. The van der Waals surface area contributed by atoms with Gasteiger partial charge in [0.1, 0.15) is 24.3 Å². The summed E-state index contributed by atoms with van der Waals surface area (Å²) in [4.78, 5) is 10.4. The summed E-state index contributed by atoms with van der Waals surface area (Å²) < 4.78 is 16.6. The zero-order valence-electron chi connectivity index (χ0n) is 17.7. The number of benzene rings is 1. The molecule has 11 heteroatoms. The highest BCUT2D eigenvalue weighted by Crippen LogP contribution is 2.40. The SMILES string of the molecule is N#Cc1ncn(-c2ccc(-c3ncc(N(C4CC4)[C@@H]4C[C@@H]5CC[C@@H](N5)[C@@H]4F)nn3)c(O)c2)n1. The Morgan fingerprint density at radius 2 is 2.06 bits per heavy atom. The number of alkyl halides is 1. The molecule has 2 aliphatic heterocycles. The van der Waals surface area contributed by atoms with E-state index in [1.807, 2.05) is 6.07 Å². The van der Waals surface area contributed by atoms with Crippen molar-refractivity contribution in [2.75, 3.05) is 4.90 Å². The topological polar surface area (TPSA) is 129 Å². The molecule has 2 saturated heterocycles. The fourth-order valence-corrected chi connectivity index (χ4v) is 5.03. The van der Waals surface area contributed by atoms with Crippen LogP contribution in [0.15, 0.2) is 30.7 Å². The Morgan fingerprint density at radius 3 is 2.76 bits per heavy atom. The smallest absolute Gasteiger partial charge is 0.252 e. The maximum absolute atomic E-state index is 15.2. The number of hydrogen-bond acceptors (Lipinski definition) is 9. The highest BCUT2D eigenvalue weighted by atomic mass is 19.1. The van der Waals surface area contributed by atoms with Gasteiger partial charge >= 0.3 is 0 Å². The zero-order chi connectivity index (χ0) is 22.5. The molecule has 3 aromatic rings. The first-order chi connectivity index (χ1) is 16.1. The van der Waals surface area contributed by atoms with Crippen LogP contribution in [0.2, 0.25) is 0 Å². The van der Waals surface area contributed by atoms with Crippen LogP contribution in [-0.2, 0) is 0 Å². The van der Waals surface area contributed by atoms with Crippen molar-refractivity contribution in [3.63, 3.8) is 0 Å². The van der Waals surface area contributed by atoms with Crippen molar-refractivity contribution < 1.29 is 9.50 Å². The van der Waals surface area contributed by atoms with E-state index in [0.717, 1.165) is 32.1 Å². The number of nitriles is 1. The number of halogens is 1. The number of rotatable bonds is 5. The third-order valence-electron chi connectivity index (χ3n) is 6.74. The first-order valence-corrected chi connectivity index (χ1v) is 11.1. The molecular formula is C22H22FN9O. The van der Waals surface area contributed by atoms with Crippen molar-refractivity contribution in [1.29, 1.82) is 5.26 Å². The molecule has 0 unspecified atom stereocenters. The molecule has 0 spiro atoms. The number of nitrogens with zero attached hydrogens (tertiary/aromatic N) is 8. The van der Waals surface area contributed by atoms with Crippen LogP contribution in [0.1, 0.15) is 37.9 Å². The highest BCUT2D eigenvalue weighted by molar-refractivity contribution is 5.66. The van der Waals surface area contributed by atoms with Crippen molar-refractivity contribution >= 4 is 5.82 Å². The lowest BCUT2D eigenvalue weighted by Gasteiger charge is -2.40. The average molecular weight is 447 g/mol. The van der Waals surface area contributed by atoms with Crippen molar-refractivity contribution in [3.8, 4) is 28.9 Å². The van der Waals surface area contributed by atoms with Crippen LogP contribution in [0.5, 0.6) is 5.75 Å². The predicted molar refractivity (Wildman–Crippen MR) is 115 cm³/mol. The summed E-state index contributed by atoms with van der Waals surface area (Å²) in [6.45, 7) is 0. The van der Waals surface area contributed by atoms with Crippen LogP contribution in [0.3, 0.4) is 0 Å². The first kappa shape index (κ1) is 20.0. The van der Waals surface area contributed by atoms with Crippen LogP contribution in [0, 0.1) is 11.3 Å². The molecule has 6 rings (SSSR count). The molecule has 1 aromatic carbocycles. The van der Waals surface area contributed by atoms with Gasteiger partial charge in [0, 0.05) is 24.2 Å². The van der Waals surface area contributed by atoms with E-state index in [2.05, 4.69) is 35.5 Å². The normalized spacial score (nSPS) is 26.2. The summed E-state index contributed by atoms with van der Waals surface area (Å²) in [6.07, 6.45) is 6.78. The molecule has 168 valence electrons. The van der Waals surface area contributed by atoms with Gasteiger partial charge < -0.3 is 15.3 Å². The molecule has 4 atom stereocenters. The summed E-state index contributed by atoms with van der Waals surface area (Å²) in [5.41, 5.74) is 0.962. The van der Waals surface area contributed by atoms with Crippen LogP contribution >= 0.6 is 0 Å². The molecule has 0 amide bonds. The highest BCUT2D eigenvalue weighted by Gasteiger charge is 2.48. The molecule has 2 N–H and O–H groups in total. The molecule has 33 heavy (non-hydrogen) atoms. The zero-order valence-corrected chi connectivity index (χ0v) is 17.7. The second-order valence-electron chi connectivity index (χ2n) is 8.90. The lowest BCUT2D eigenvalue weighted by molar-refractivity contribution is 0.171. The van der Waals surface area contributed by atoms with E-state index in [4.69, 9.17) is 5.26 Å². The van der Waals surface area contributed by atoms with E-state index in [1.165, 1.54) is 17.1 Å². The van der Waals surface area contributed by atoms with Crippen LogP contribution in [0.25, 0.3) is 17.1 Å². The molecule has 2 aromatic heterocycles. The minimum atomic E-state index is -0.944. The Bertz CT molecular complexity index is 1220. The molecule has 1 aliphatic carbocycles. The summed E-state index contributed by atoms with van der Waals surface area (Å²) in [5.74, 6) is 0.850. The van der Waals surface area contributed by atoms with Gasteiger partial charge in [0.2, 0.25) is 0 Å². The van der Waals surface area contributed by atoms with E-state index in [-0.39, 0.29) is 35.5 Å². The number of hydrogen-bond donors (Lipinski definition) is 2. The maximum atomic E-state index is 15.2. The largest absolute Gasteiger partial charge is 0.507 e. The standard InChI is InChI=1S/C22H22FN9O/c23-21-16-6-1-12(27-16)7-17(21)32(13-2-3-13)20-10-25-22(29-28-20)15-5-4-14(8-18(15)33)31-11-26-19(9-24)30-31/h4-5,8,10-13,16-17,21,27,33H,1-3,6-7H2/t12-,16+,17+,21-/m0/s1. The summed E-state index contributed by atoms with van der Waals surface area (Å²) in [6, 6.07) is 7.08. The minimum Gasteiger partial charge on any atom is -0.507 e. The van der Waals surface area contributed by atoms with E-state index in [1.54, 1.807) is 18.3 Å². The Hall–Kier alpha value is -3.65. The number of phenolic OH excluding ortho intramolecular Hbond substituents is 1. The maximum Gasteiger partial charge on any atom is 0.252 e. The molecule has 3 aliphatic rings. The van der Waals surface area contributed by atoms with Crippen LogP contribution < -0.4 is 10.2 Å². The van der Waals surface area contributed by atoms with Gasteiger partial charge in [0.15, 0.2) is 11.6 Å². The molecular weight excluding hydrogens is 425 g/mol. The van der Waals surface area contributed by atoms with Crippen LogP contribution in [-0.4, -0.2) is 65.4 Å². The quantitative estimate of drug-likeness (QED) is 0.602. The Morgan fingerprint density at radius 1 is 1.18 bits per heavy atom. The van der Waals surface area contributed by atoms with Gasteiger partial charge in [0.05, 0.1) is 23.5 Å². The molecule has 3 fully saturated rings. The summed E-state index contributed by atoms with van der Waals surface area (Å²) >= 11 is 0. The lowest BCUT2D eigenvalue weighted by atomic mass is 9.96. The second-order valence-corrected chi connectivity index (χ2v) is 8.90.